The van der Waals surface area contributed by atoms with Gasteiger partial charge in [0.2, 0.25) is 0 Å². The molecule has 1 aliphatic heterocycles. The van der Waals surface area contributed by atoms with Gasteiger partial charge in [-0.25, -0.2) is 8.42 Å². The van der Waals surface area contributed by atoms with Crippen molar-refractivity contribution in [1.29, 1.82) is 0 Å². The van der Waals surface area contributed by atoms with E-state index in [2.05, 4.69) is 10.0 Å². The van der Waals surface area contributed by atoms with E-state index in [1.807, 2.05) is 45.9 Å². The lowest BCUT2D eigenvalue weighted by atomic mass is 9.91. The van der Waals surface area contributed by atoms with Crippen LogP contribution in [0.2, 0.25) is 0 Å². The molecule has 1 aliphatic rings. The van der Waals surface area contributed by atoms with E-state index >= 15 is 0 Å². The van der Waals surface area contributed by atoms with Gasteiger partial charge >= 0.3 is 0 Å². The molecule has 6 nitrogen and oxygen atoms in total. The zero-order valence-electron chi connectivity index (χ0n) is 19.7. The van der Waals surface area contributed by atoms with Gasteiger partial charge in [-0.3, -0.25) is 14.3 Å². The van der Waals surface area contributed by atoms with Crippen molar-refractivity contribution in [2.75, 3.05) is 10.0 Å². The van der Waals surface area contributed by atoms with Gasteiger partial charge in [0.25, 0.3) is 10.0 Å². The summed E-state index contributed by atoms with van der Waals surface area (Å²) < 4.78 is 28.5. The summed E-state index contributed by atoms with van der Waals surface area (Å²) in [7, 11) is -3.85. The van der Waals surface area contributed by atoms with Gasteiger partial charge in [-0.2, -0.15) is 0 Å². The van der Waals surface area contributed by atoms with Crippen molar-refractivity contribution in [3.63, 3.8) is 0 Å². The highest BCUT2D eigenvalue weighted by atomic mass is 32.2. The number of aryl methyl sites for hydroxylation is 2. The summed E-state index contributed by atoms with van der Waals surface area (Å²) in [6, 6.07) is 16.9. The van der Waals surface area contributed by atoms with E-state index < -0.39 is 10.0 Å². The van der Waals surface area contributed by atoms with Gasteiger partial charge in [0.05, 0.1) is 10.9 Å². The van der Waals surface area contributed by atoms with Gasteiger partial charge in [-0.1, -0.05) is 44.2 Å². The molecule has 0 radical (unpaired) electrons. The van der Waals surface area contributed by atoms with Crippen LogP contribution in [0.15, 0.2) is 65.6 Å². The number of fused-ring (bicyclic) bond motifs is 1. The lowest BCUT2D eigenvalue weighted by Crippen LogP contribution is -2.24. The number of hydrogen-bond donors (Lipinski definition) is 2. The Morgan fingerprint density at radius 2 is 1.68 bits per heavy atom. The largest absolute Gasteiger partial charge is 0.377 e. The van der Waals surface area contributed by atoms with Gasteiger partial charge in [0, 0.05) is 34.8 Å². The molecule has 0 aromatic heterocycles. The van der Waals surface area contributed by atoms with Crippen LogP contribution < -0.4 is 10.0 Å². The average Bonchev–Trinajstić information content (AvgIpc) is 2.80. The summed E-state index contributed by atoms with van der Waals surface area (Å²) in [5.74, 6) is -0.140. The first-order valence-electron chi connectivity index (χ1n) is 11.2. The predicted molar refractivity (Wildman–Crippen MR) is 134 cm³/mol. The Kier molecular flexibility index (Phi) is 6.32. The highest BCUT2D eigenvalue weighted by Crippen LogP contribution is 2.34. The minimum atomic E-state index is -3.85. The van der Waals surface area contributed by atoms with E-state index in [0.29, 0.717) is 22.5 Å². The number of carbonyl (C=O) groups excluding carboxylic acids is 2. The van der Waals surface area contributed by atoms with Crippen molar-refractivity contribution < 1.29 is 18.0 Å². The second-order valence-electron chi connectivity index (χ2n) is 9.08. The van der Waals surface area contributed by atoms with Crippen molar-refractivity contribution in [2.45, 2.75) is 45.1 Å². The van der Waals surface area contributed by atoms with E-state index in [-0.39, 0.29) is 34.8 Å². The monoisotopic (exact) mass is 476 g/mol. The summed E-state index contributed by atoms with van der Waals surface area (Å²) in [4.78, 5) is 25.2. The zero-order valence-corrected chi connectivity index (χ0v) is 20.5. The summed E-state index contributed by atoms with van der Waals surface area (Å²) in [5.41, 5.74) is 5.02. The Morgan fingerprint density at radius 1 is 0.971 bits per heavy atom. The number of ketones is 2. The second kappa shape index (κ2) is 9.06. The van der Waals surface area contributed by atoms with Crippen molar-refractivity contribution in [2.24, 2.45) is 5.92 Å². The Balaban J connectivity index is 1.56. The molecule has 2 N–H and O–H groups in total. The topological polar surface area (TPSA) is 92.3 Å². The van der Waals surface area contributed by atoms with Crippen LogP contribution >= 0.6 is 0 Å². The molecule has 176 valence electrons. The minimum Gasteiger partial charge on any atom is -0.377 e. The molecule has 0 saturated heterocycles. The Morgan fingerprint density at radius 3 is 2.32 bits per heavy atom. The van der Waals surface area contributed by atoms with Crippen LogP contribution in [0.1, 0.15) is 63.7 Å². The molecule has 3 aromatic carbocycles. The first kappa shape index (κ1) is 23.7. The molecule has 0 aliphatic carbocycles. The minimum absolute atomic E-state index is 0.0367. The van der Waals surface area contributed by atoms with Crippen LogP contribution in [0.4, 0.5) is 11.4 Å². The van der Waals surface area contributed by atoms with E-state index in [1.165, 1.54) is 12.1 Å². The molecule has 0 saturated carbocycles. The maximum absolute atomic E-state index is 12.9. The highest BCUT2D eigenvalue weighted by Gasteiger charge is 2.28. The van der Waals surface area contributed by atoms with Crippen molar-refractivity contribution >= 4 is 33.0 Å². The number of hydrogen-bond acceptors (Lipinski definition) is 5. The Bertz CT molecular complexity index is 1380. The molecule has 4 rings (SSSR count). The number of anilines is 2. The Hall–Kier alpha value is -3.45. The quantitative estimate of drug-likeness (QED) is 0.447. The molecular formula is C27H28N2O4S. The third-order valence-corrected chi connectivity index (χ3v) is 7.58. The summed E-state index contributed by atoms with van der Waals surface area (Å²) in [6.07, 6.45) is 0.193. The van der Waals surface area contributed by atoms with Crippen LogP contribution in [0.5, 0.6) is 0 Å². The van der Waals surface area contributed by atoms with Crippen molar-refractivity contribution in [3.05, 3.63) is 88.5 Å². The maximum Gasteiger partial charge on any atom is 0.261 e. The van der Waals surface area contributed by atoms with Crippen LogP contribution in [-0.4, -0.2) is 20.0 Å². The van der Waals surface area contributed by atoms with Gasteiger partial charge in [0.15, 0.2) is 11.6 Å². The standard InChI is InChI=1S/C27H28N2O4S/c1-16(2)27(31)20-8-6-19(7-9-20)25-15-26(30)23-14-22(11-12-24(23)28-25)34(32,33)29-21-10-5-17(3)18(4)13-21/h5-14,16,25,28-29H,15H2,1-4H3/t25-/m0/s1. The van der Waals surface area contributed by atoms with E-state index in [1.54, 1.807) is 30.3 Å². The van der Waals surface area contributed by atoms with E-state index in [0.717, 1.165) is 16.7 Å². The predicted octanol–water partition coefficient (Wildman–Crippen LogP) is 5.68. The fourth-order valence-electron chi connectivity index (χ4n) is 4.01. The number of Topliss-reactive ketones (excluding diaryl/α,β-unsaturated/α-hetero) is 2. The smallest absolute Gasteiger partial charge is 0.261 e. The van der Waals surface area contributed by atoms with Crippen LogP contribution in [0.25, 0.3) is 0 Å². The maximum atomic E-state index is 12.9. The summed E-state index contributed by atoms with van der Waals surface area (Å²) in [5, 5.41) is 3.34. The first-order valence-corrected chi connectivity index (χ1v) is 12.7. The number of benzene rings is 3. The first-order chi connectivity index (χ1) is 16.0. The highest BCUT2D eigenvalue weighted by molar-refractivity contribution is 7.92. The molecule has 1 atom stereocenters. The van der Waals surface area contributed by atoms with Crippen LogP contribution in [0.3, 0.4) is 0 Å². The normalized spacial score (nSPS) is 15.6. The van der Waals surface area contributed by atoms with Crippen LogP contribution in [-0.2, 0) is 10.0 Å². The van der Waals surface area contributed by atoms with Gasteiger partial charge < -0.3 is 5.32 Å². The fourth-order valence-corrected chi connectivity index (χ4v) is 5.09. The summed E-state index contributed by atoms with van der Waals surface area (Å²) >= 11 is 0. The molecule has 0 spiro atoms. The molecule has 0 bridgehead atoms. The lowest BCUT2D eigenvalue weighted by molar-refractivity contribution is 0.0937. The molecule has 0 amide bonds. The van der Waals surface area contributed by atoms with Gasteiger partial charge in [-0.15, -0.1) is 0 Å². The van der Waals surface area contributed by atoms with Crippen LogP contribution in [0, 0.1) is 19.8 Å². The van der Waals surface area contributed by atoms with Gasteiger partial charge in [0.1, 0.15) is 0 Å². The van der Waals surface area contributed by atoms with E-state index in [4.69, 9.17) is 0 Å². The Labute approximate surface area is 200 Å². The SMILES string of the molecule is Cc1ccc(NS(=O)(=O)c2ccc3c(c2)C(=O)C[C@@H](c2ccc(C(=O)C(C)C)cc2)N3)cc1C. The van der Waals surface area contributed by atoms with Gasteiger partial charge in [-0.05, 0) is 60.9 Å². The number of carbonyl (C=O) groups is 2. The number of sulfonamides is 1. The molecule has 3 aromatic rings. The molecule has 34 heavy (non-hydrogen) atoms. The average molecular weight is 477 g/mol. The molecule has 1 heterocycles. The second-order valence-corrected chi connectivity index (χ2v) is 10.8. The van der Waals surface area contributed by atoms with E-state index in [9.17, 15) is 18.0 Å². The third kappa shape index (κ3) is 4.75. The molecular weight excluding hydrogens is 448 g/mol. The summed E-state index contributed by atoms with van der Waals surface area (Å²) in [6.45, 7) is 7.60. The lowest BCUT2D eigenvalue weighted by Gasteiger charge is -2.27. The van der Waals surface area contributed by atoms with Crippen molar-refractivity contribution in [3.8, 4) is 0 Å². The molecule has 0 fully saturated rings. The molecule has 7 heteroatoms. The number of rotatable bonds is 6. The fraction of sp³-hybridized carbons (Fsp3) is 0.259. The zero-order chi connectivity index (χ0) is 24.6. The number of nitrogens with one attached hydrogen (secondary N) is 2. The third-order valence-electron chi connectivity index (χ3n) is 6.20. The molecule has 0 unspecified atom stereocenters. The van der Waals surface area contributed by atoms with Crippen molar-refractivity contribution in [1.82, 2.24) is 0 Å².